The van der Waals surface area contributed by atoms with Crippen LogP contribution in [-0.2, 0) is 19.6 Å². The number of carbonyl (C=O) groups excluding carboxylic acids is 1. The number of rotatable bonds is 8. The van der Waals surface area contributed by atoms with Crippen LogP contribution in [0.25, 0.3) is 0 Å². The molecule has 1 saturated heterocycles. The third kappa shape index (κ3) is 4.69. The Bertz CT molecular complexity index is 702. The van der Waals surface area contributed by atoms with Crippen LogP contribution in [0.15, 0.2) is 23.1 Å². The topological polar surface area (TPSA) is 111 Å². The zero-order chi connectivity index (χ0) is 18.4. The van der Waals surface area contributed by atoms with Crippen LogP contribution < -0.4 is 15.8 Å². The number of methoxy groups -OCH3 is 1. The Morgan fingerprint density at radius 3 is 2.64 bits per heavy atom. The molecule has 0 bridgehead atoms. The van der Waals surface area contributed by atoms with Crippen LogP contribution in [0.2, 0.25) is 0 Å². The molecular weight excluding hydrogens is 346 g/mol. The summed E-state index contributed by atoms with van der Waals surface area (Å²) in [6.07, 6.45) is 1.68. The van der Waals surface area contributed by atoms with Gasteiger partial charge in [-0.2, -0.15) is 4.31 Å². The largest absolute Gasteiger partial charge is 0.492 e. The number of nitrogens with zero attached hydrogens (tertiary/aromatic N) is 1. The number of sulfonamides is 1. The molecule has 1 aliphatic heterocycles. The predicted molar refractivity (Wildman–Crippen MR) is 94.1 cm³/mol. The molecule has 1 amide bonds. The lowest BCUT2D eigenvalue weighted by molar-refractivity contribution is -0.118. The Hall–Kier alpha value is -1.68. The Balaban J connectivity index is 2.31. The lowest BCUT2D eigenvalue weighted by atomic mass is 10.2. The summed E-state index contributed by atoms with van der Waals surface area (Å²) in [5.74, 6) is -0.177. The molecule has 0 aliphatic carbocycles. The molecule has 0 spiro atoms. The number of benzene rings is 1. The first-order valence-corrected chi connectivity index (χ1v) is 9.66. The van der Waals surface area contributed by atoms with Crippen molar-refractivity contribution in [1.82, 2.24) is 4.31 Å². The maximum Gasteiger partial charge on any atom is 0.246 e. The smallest absolute Gasteiger partial charge is 0.246 e. The molecule has 1 aliphatic rings. The summed E-state index contributed by atoms with van der Waals surface area (Å²) in [7, 11) is -2.23. The molecule has 1 aromatic rings. The first-order valence-electron chi connectivity index (χ1n) is 8.22. The minimum Gasteiger partial charge on any atom is -0.492 e. The number of hydrogen-bond acceptors (Lipinski definition) is 6. The van der Waals surface area contributed by atoms with Crippen molar-refractivity contribution in [3.8, 4) is 5.75 Å². The number of amides is 1. The minimum absolute atomic E-state index is 0.0503. The summed E-state index contributed by atoms with van der Waals surface area (Å²) >= 11 is 0. The van der Waals surface area contributed by atoms with Crippen LogP contribution in [0.3, 0.4) is 0 Å². The van der Waals surface area contributed by atoms with Crippen molar-refractivity contribution < 1.29 is 22.7 Å². The van der Waals surface area contributed by atoms with Crippen molar-refractivity contribution >= 4 is 21.6 Å². The van der Waals surface area contributed by atoms with Gasteiger partial charge in [-0.1, -0.05) is 0 Å². The molecule has 1 aromatic carbocycles. The van der Waals surface area contributed by atoms with Crippen LogP contribution in [-0.4, -0.2) is 58.1 Å². The van der Waals surface area contributed by atoms with E-state index in [1.807, 2.05) is 0 Å². The maximum absolute atomic E-state index is 12.9. The highest BCUT2D eigenvalue weighted by atomic mass is 32.2. The summed E-state index contributed by atoms with van der Waals surface area (Å²) in [6, 6.07) is 3.71. The van der Waals surface area contributed by atoms with Gasteiger partial charge < -0.3 is 20.5 Å². The van der Waals surface area contributed by atoms with Crippen molar-refractivity contribution in [3.63, 3.8) is 0 Å². The summed E-state index contributed by atoms with van der Waals surface area (Å²) in [6.45, 7) is 3.17. The van der Waals surface area contributed by atoms with Crippen molar-refractivity contribution in [2.24, 2.45) is 5.73 Å². The van der Waals surface area contributed by atoms with E-state index in [1.165, 1.54) is 17.5 Å². The Labute approximate surface area is 148 Å². The quantitative estimate of drug-likeness (QED) is 0.699. The SMILES string of the molecule is CCOc1ccc(NC(=O)C(N)COC)cc1S(=O)(=O)N1CCCC1. The van der Waals surface area contributed by atoms with Gasteiger partial charge in [0.2, 0.25) is 15.9 Å². The van der Waals surface area contributed by atoms with E-state index in [-0.39, 0.29) is 17.3 Å². The fourth-order valence-corrected chi connectivity index (χ4v) is 4.29. The van der Waals surface area contributed by atoms with Gasteiger partial charge in [-0.05, 0) is 38.0 Å². The highest BCUT2D eigenvalue weighted by molar-refractivity contribution is 7.89. The molecule has 0 aromatic heterocycles. The fraction of sp³-hybridized carbons (Fsp3) is 0.562. The molecule has 2 rings (SSSR count). The molecule has 9 heteroatoms. The van der Waals surface area contributed by atoms with E-state index in [2.05, 4.69) is 5.32 Å². The van der Waals surface area contributed by atoms with Gasteiger partial charge in [0.1, 0.15) is 16.7 Å². The number of carbonyl (C=O) groups is 1. The third-order valence-corrected chi connectivity index (χ3v) is 5.80. The minimum atomic E-state index is -3.68. The van der Waals surface area contributed by atoms with Gasteiger partial charge in [0.05, 0.1) is 13.2 Å². The summed E-state index contributed by atoms with van der Waals surface area (Å²) in [5, 5.41) is 2.62. The lowest BCUT2D eigenvalue weighted by Crippen LogP contribution is -2.39. The number of anilines is 1. The second-order valence-electron chi connectivity index (χ2n) is 5.76. The normalized spacial score (nSPS) is 16.6. The fourth-order valence-electron chi connectivity index (χ4n) is 2.62. The number of ether oxygens (including phenoxy) is 2. The predicted octanol–water partition coefficient (Wildman–Crippen LogP) is 0.782. The highest BCUT2D eigenvalue weighted by Gasteiger charge is 2.30. The van der Waals surface area contributed by atoms with Gasteiger partial charge in [-0.15, -0.1) is 0 Å². The van der Waals surface area contributed by atoms with Crippen molar-refractivity contribution in [3.05, 3.63) is 18.2 Å². The Morgan fingerprint density at radius 1 is 1.36 bits per heavy atom. The van der Waals surface area contributed by atoms with E-state index < -0.39 is 22.0 Å². The van der Waals surface area contributed by atoms with Gasteiger partial charge in [0, 0.05) is 25.9 Å². The average Bonchev–Trinajstić information content (AvgIpc) is 3.12. The van der Waals surface area contributed by atoms with E-state index in [0.29, 0.717) is 25.4 Å². The first-order chi connectivity index (χ1) is 11.9. The van der Waals surface area contributed by atoms with E-state index >= 15 is 0 Å². The number of nitrogens with one attached hydrogen (secondary N) is 1. The zero-order valence-corrected chi connectivity index (χ0v) is 15.3. The van der Waals surface area contributed by atoms with E-state index in [4.69, 9.17) is 15.2 Å². The lowest BCUT2D eigenvalue weighted by Gasteiger charge is -2.19. The van der Waals surface area contributed by atoms with Crippen LogP contribution in [0.1, 0.15) is 19.8 Å². The van der Waals surface area contributed by atoms with Gasteiger partial charge in [-0.3, -0.25) is 4.79 Å². The molecule has 1 fully saturated rings. The van der Waals surface area contributed by atoms with E-state index in [0.717, 1.165) is 12.8 Å². The zero-order valence-electron chi connectivity index (χ0n) is 14.5. The third-order valence-electron chi connectivity index (χ3n) is 3.88. The summed E-state index contributed by atoms with van der Waals surface area (Å²) < 4.78 is 37.5. The van der Waals surface area contributed by atoms with E-state index in [1.54, 1.807) is 19.1 Å². The van der Waals surface area contributed by atoms with Crippen molar-refractivity contribution in [1.29, 1.82) is 0 Å². The molecule has 0 saturated carbocycles. The number of nitrogens with two attached hydrogens (primary N) is 1. The number of hydrogen-bond donors (Lipinski definition) is 2. The van der Waals surface area contributed by atoms with Crippen LogP contribution >= 0.6 is 0 Å². The maximum atomic E-state index is 12.9. The molecular formula is C16H25N3O5S. The standard InChI is InChI=1S/C16H25N3O5S/c1-3-24-14-7-6-12(18-16(20)13(17)11-23-2)10-15(14)25(21,22)19-8-4-5-9-19/h6-7,10,13H,3-5,8-9,11,17H2,1-2H3,(H,18,20). The van der Waals surface area contributed by atoms with Gasteiger partial charge in [0.15, 0.2) is 0 Å². The first kappa shape index (κ1) is 19.6. The molecule has 140 valence electrons. The molecule has 25 heavy (non-hydrogen) atoms. The monoisotopic (exact) mass is 371 g/mol. The van der Waals surface area contributed by atoms with Crippen LogP contribution in [0.4, 0.5) is 5.69 Å². The molecule has 0 radical (unpaired) electrons. The van der Waals surface area contributed by atoms with Crippen LogP contribution in [0, 0.1) is 0 Å². The Kier molecular flexibility index (Phi) is 6.77. The van der Waals surface area contributed by atoms with E-state index in [9.17, 15) is 13.2 Å². The van der Waals surface area contributed by atoms with Crippen molar-refractivity contribution in [2.75, 3.05) is 38.7 Å². The average molecular weight is 371 g/mol. The van der Waals surface area contributed by atoms with Gasteiger partial charge >= 0.3 is 0 Å². The second-order valence-corrected chi connectivity index (χ2v) is 7.66. The second kappa shape index (κ2) is 8.61. The summed E-state index contributed by atoms with van der Waals surface area (Å²) in [4.78, 5) is 12.1. The highest BCUT2D eigenvalue weighted by Crippen LogP contribution is 2.31. The van der Waals surface area contributed by atoms with Crippen LogP contribution in [0.5, 0.6) is 5.75 Å². The molecule has 3 N–H and O–H groups in total. The molecule has 8 nitrogen and oxygen atoms in total. The summed E-state index contributed by atoms with van der Waals surface area (Å²) in [5.41, 5.74) is 6.03. The van der Waals surface area contributed by atoms with Gasteiger partial charge in [0.25, 0.3) is 0 Å². The molecule has 1 unspecified atom stereocenters. The Morgan fingerprint density at radius 2 is 2.04 bits per heavy atom. The van der Waals surface area contributed by atoms with Gasteiger partial charge in [-0.25, -0.2) is 8.42 Å². The molecule has 1 atom stereocenters. The van der Waals surface area contributed by atoms with Crippen molar-refractivity contribution in [2.45, 2.75) is 30.7 Å². The molecule has 1 heterocycles.